The maximum Gasteiger partial charge on any atom is 0.289 e. The van der Waals surface area contributed by atoms with Gasteiger partial charge >= 0.3 is 0 Å². The Morgan fingerprint density at radius 1 is 1.11 bits per heavy atom. The van der Waals surface area contributed by atoms with Gasteiger partial charge in [0, 0.05) is 38.1 Å². The topological polar surface area (TPSA) is 74.5 Å². The van der Waals surface area contributed by atoms with Crippen molar-refractivity contribution in [3.63, 3.8) is 0 Å². The highest BCUT2D eigenvalue weighted by atomic mass is 16.3. The van der Waals surface area contributed by atoms with Gasteiger partial charge in [0.25, 0.3) is 5.91 Å². The van der Waals surface area contributed by atoms with Crippen LogP contribution in [0.15, 0.2) is 59.3 Å². The molecule has 27 heavy (non-hydrogen) atoms. The lowest BCUT2D eigenvalue weighted by Gasteiger charge is -2.34. The predicted molar refractivity (Wildman–Crippen MR) is 103 cm³/mol. The van der Waals surface area contributed by atoms with Crippen molar-refractivity contribution >= 4 is 23.4 Å². The Kier molecular flexibility index (Phi) is 4.74. The first kappa shape index (κ1) is 17.1. The number of piperazine rings is 1. The van der Waals surface area contributed by atoms with Crippen molar-refractivity contribution in [2.45, 2.75) is 6.92 Å². The molecule has 2 aromatic heterocycles. The van der Waals surface area contributed by atoms with Gasteiger partial charge in [-0.2, -0.15) is 4.98 Å². The van der Waals surface area contributed by atoms with Crippen LogP contribution in [0.3, 0.4) is 0 Å². The SMILES string of the molecule is Cc1cccc(Nc2ccnc(N3CCN(C(=O)c4ccco4)CC3)n2)c1. The zero-order valence-corrected chi connectivity index (χ0v) is 15.1. The van der Waals surface area contributed by atoms with E-state index in [4.69, 9.17) is 4.42 Å². The van der Waals surface area contributed by atoms with Crippen LogP contribution < -0.4 is 10.2 Å². The highest BCUT2D eigenvalue weighted by Gasteiger charge is 2.24. The molecule has 0 spiro atoms. The smallest absolute Gasteiger partial charge is 0.289 e. The largest absolute Gasteiger partial charge is 0.459 e. The summed E-state index contributed by atoms with van der Waals surface area (Å²) in [6.07, 6.45) is 3.27. The van der Waals surface area contributed by atoms with E-state index in [9.17, 15) is 4.79 Å². The minimum atomic E-state index is -0.0737. The van der Waals surface area contributed by atoms with Crippen molar-refractivity contribution in [2.75, 3.05) is 36.4 Å². The molecule has 1 aliphatic heterocycles. The van der Waals surface area contributed by atoms with E-state index in [1.165, 1.54) is 11.8 Å². The summed E-state index contributed by atoms with van der Waals surface area (Å²) in [6, 6.07) is 13.4. The molecule has 1 N–H and O–H groups in total. The molecule has 1 aromatic carbocycles. The molecular formula is C20H21N5O2. The van der Waals surface area contributed by atoms with Gasteiger partial charge in [-0.15, -0.1) is 0 Å². The van der Waals surface area contributed by atoms with Gasteiger partial charge in [-0.1, -0.05) is 12.1 Å². The van der Waals surface area contributed by atoms with E-state index in [1.54, 1.807) is 23.2 Å². The summed E-state index contributed by atoms with van der Waals surface area (Å²) in [5.41, 5.74) is 2.18. The quantitative estimate of drug-likeness (QED) is 0.768. The molecule has 0 unspecified atom stereocenters. The maximum atomic E-state index is 12.4. The van der Waals surface area contributed by atoms with Crippen LogP contribution in [-0.2, 0) is 0 Å². The fourth-order valence-electron chi connectivity index (χ4n) is 3.11. The van der Waals surface area contributed by atoms with Crippen molar-refractivity contribution in [3.8, 4) is 0 Å². The standard InChI is InChI=1S/C20H21N5O2/c1-15-4-2-5-16(14-15)22-18-7-8-21-20(23-18)25-11-9-24(10-12-25)19(26)17-6-3-13-27-17/h2-8,13-14H,9-12H2,1H3,(H,21,22,23). The molecule has 0 atom stereocenters. The Hall–Kier alpha value is -3.35. The normalized spacial score (nSPS) is 14.3. The van der Waals surface area contributed by atoms with Gasteiger partial charge in [0.05, 0.1) is 6.26 Å². The van der Waals surface area contributed by atoms with Crippen molar-refractivity contribution in [1.29, 1.82) is 0 Å². The van der Waals surface area contributed by atoms with Crippen molar-refractivity contribution in [2.24, 2.45) is 0 Å². The number of rotatable bonds is 4. The third-order valence-electron chi connectivity index (χ3n) is 4.52. The van der Waals surface area contributed by atoms with Crippen LogP contribution in [-0.4, -0.2) is 47.0 Å². The van der Waals surface area contributed by atoms with E-state index in [-0.39, 0.29) is 5.91 Å². The Morgan fingerprint density at radius 3 is 2.70 bits per heavy atom. The Morgan fingerprint density at radius 2 is 1.96 bits per heavy atom. The summed E-state index contributed by atoms with van der Waals surface area (Å²) >= 11 is 0. The third-order valence-corrected chi connectivity index (χ3v) is 4.52. The van der Waals surface area contributed by atoms with Gasteiger partial charge in [-0.05, 0) is 42.8 Å². The lowest BCUT2D eigenvalue weighted by molar-refractivity contribution is 0.0714. The van der Waals surface area contributed by atoms with E-state index < -0.39 is 0 Å². The van der Waals surface area contributed by atoms with E-state index in [1.807, 2.05) is 18.2 Å². The van der Waals surface area contributed by atoms with Crippen molar-refractivity contribution < 1.29 is 9.21 Å². The van der Waals surface area contributed by atoms with E-state index in [0.717, 1.165) is 11.5 Å². The molecule has 7 heteroatoms. The average Bonchev–Trinajstić information content (AvgIpc) is 3.23. The number of carbonyl (C=O) groups excluding carboxylic acids is 1. The number of anilines is 3. The van der Waals surface area contributed by atoms with Crippen molar-refractivity contribution in [1.82, 2.24) is 14.9 Å². The Bertz CT molecular complexity index is 918. The third kappa shape index (κ3) is 3.92. The molecule has 3 heterocycles. The number of furan rings is 1. The fourth-order valence-corrected chi connectivity index (χ4v) is 3.11. The van der Waals surface area contributed by atoms with Crippen LogP contribution in [0.5, 0.6) is 0 Å². The van der Waals surface area contributed by atoms with Crippen LogP contribution in [0, 0.1) is 6.92 Å². The summed E-state index contributed by atoms with van der Waals surface area (Å²) in [6.45, 7) is 4.64. The van der Waals surface area contributed by atoms with Gasteiger partial charge in [-0.25, -0.2) is 4.98 Å². The highest BCUT2D eigenvalue weighted by Crippen LogP contribution is 2.19. The summed E-state index contributed by atoms with van der Waals surface area (Å²) in [5.74, 6) is 1.72. The number of benzene rings is 1. The number of amides is 1. The first-order valence-electron chi connectivity index (χ1n) is 8.93. The lowest BCUT2D eigenvalue weighted by atomic mass is 10.2. The molecule has 138 valence electrons. The van der Waals surface area contributed by atoms with E-state index >= 15 is 0 Å². The summed E-state index contributed by atoms with van der Waals surface area (Å²) < 4.78 is 5.20. The zero-order chi connectivity index (χ0) is 18.6. The van der Waals surface area contributed by atoms with Crippen LogP contribution >= 0.6 is 0 Å². The second-order valence-electron chi connectivity index (χ2n) is 6.49. The summed E-state index contributed by atoms with van der Waals surface area (Å²) in [5, 5.41) is 3.32. The van der Waals surface area contributed by atoms with Gasteiger partial charge in [-0.3, -0.25) is 4.79 Å². The predicted octanol–water partition coefficient (Wildman–Crippen LogP) is 3.08. The monoisotopic (exact) mass is 363 g/mol. The number of nitrogens with zero attached hydrogens (tertiary/aromatic N) is 4. The number of hydrogen-bond acceptors (Lipinski definition) is 6. The number of aryl methyl sites for hydroxylation is 1. The number of aromatic nitrogens is 2. The molecule has 1 aliphatic rings. The Labute approximate surface area is 157 Å². The zero-order valence-electron chi connectivity index (χ0n) is 15.1. The van der Waals surface area contributed by atoms with Crippen LogP contribution in [0.2, 0.25) is 0 Å². The molecule has 7 nitrogen and oxygen atoms in total. The second kappa shape index (κ2) is 7.49. The summed E-state index contributed by atoms with van der Waals surface area (Å²) in [4.78, 5) is 25.3. The molecule has 1 fully saturated rings. The van der Waals surface area contributed by atoms with Crippen LogP contribution in [0.1, 0.15) is 16.1 Å². The van der Waals surface area contributed by atoms with Crippen LogP contribution in [0.4, 0.5) is 17.5 Å². The molecule has 1 saturated heterocycles. The average molecular weight is 363 g/mol. The van der Waals surface area contributed by atoms with Crippen molar-refractivity contribution in [3.05, 3.63) is 66.2 Å². The minimum Gasteiger partial charge on any atom is -0.459 e. The van der Waals surface area contributed by atoms with Gasteiger partial charge < -0.3 is 19.5 Å². The molecule has 0 saturated carbocycles. The molecule has 0 radical (unpaired) electrons. The van der Waals surface area contributed by atoms with Gasteiger partial charge in [0.2, 0.25) is 5.95 Å². The number of nitrogens with one attached hydrogen (secondary N) is 1. The first-order chi connectivity index (χ1) is 13.2. The molecule has 3 aromatic rings. The number of carbonyl (C=O) groups is 1. The fraction of sp³-hybridized carbons (Fsp3) is 0.250. The van der Waals surface area contributed by atoms with Gasteiger partial charge in [0.15, 0.2) is 5.76 Å². The molecule has 1 amide bonds. The van der Waals surface area contributed by atoms with E-state index in [2.05, 4.69) is 39.2 Å². The Balaban J connectivity index is 1.40. The summed E-state index contributed by atoms with van der Waals surface area (Å²) in [7, 11) is 0. The molecule has 4 rings (SSSR count). The molecule has 0 aliphatic carbocycles. The maximum absolute atomic E-state index is 12.4. The van der Waals surface area contributed by atoms with E-state index in [0.29, 0.717) is 37.9 Å². The van der Waals surface area contributed by atoms with Crippen LogP contribution in [0.25, 0.3) is 0 Å². The van der Waals surface area contributed by atoms with Gasteiger partial charge in [0.1, 0.15) is 5.82 Å². The highest BCUT2D eigenvalue weighted by molar-refractivity contribution is 5.91. The molecular weight excluding hydrogens is 342 g/mol. The molecule has 0 bridgehead atoms. The first-order valence-corrected chi connectivity index (χ1v) is 8.93. The number of hydrogen-bond donors (Lipinski definition) is 1. The second-order valence-corrected chi connectivity index (χ2v) is 6.49. The lowest BCUT2D eigenvalue weighted by Crippen LogP contribution is -2.49. The minimum absolute atomic E-state index is 0.0737.